The van der Waals surface area contributed by atoms with Crippen LogP contribution < -0.4 is 11.1 Å². The smallest absolute Gasteiger partial charge is 0.193 e. The van der Waals surface area contributed by atoms with Crippen LogP contribution in [0.5, 0.6) is 0 Å². The number of nitrogens with zero attached hydrogens (tertiary/aromatic N) is 1. The fourth-order valence-corrected chi connectivity index (χ4v) is 1.36. The van der Waals surface area contributed by atoms with Gasteiger partial charge in [0.25, 0.3) is 0 Å². The van der Waals surface area contributed by atoms with E-state index in [1.54, 1.807) is 7.11 Å². The molecule has 0 radical (unpaired) electrons. The summed E-state index contributed by atoms with van der Waals surface area (Å²) in [6.07, 6.45) is 0. The van der Waals surface area contributed by atoms with E-state index in [0.717, 1.165) is 11.3 Å². The van der Waals surface area contributed by atoms with Gasteiger partial charge in [-0.2, -0.15) is 0 Å². The van der Waals surface area contributed by atoms with Crippen molar-refractivity contribution in [3.63, 3.8) is 0 Å². The first kappa shape index (κ1) is 12.5. The molecule has 3 N–H and O–H groups in total. The third kappa shape index (κ3) is 4.31. The Hall–Kier alpha value is -1.55. The number of guanidine groups is 1. The third-order valence-corrected chi connectivity index (χ3v) is 1.91. The molecule has 0 aromatic heterocycles. The molecule has 0 bridgehead atoms. The zero-order chi connectivity index (χ0) is 12.0. The molecule has 0 aliphatic heterocycles. The summed E-state index contributed by atoms with van der Waals surface area (Å²) in [6.45, 7) is 4.56. The van der Waals surface area contributed by atoms with Crippen LogP contribution in [0.3, 0.4) is 0 Å². The lowest BCUT2D eigenvalue weighted by Crippen LogP contribution is -2.23. The molecular weight excluding hydrogens is 202 g/mol. The molecule has 0 spiro atoms. The summed E-state index contributed by atoms with van der Waals surface area (Å²) >= 11 is 0. The van der Waals surface area contributed by atoms with Gasteiger partial charge >= 0.3 is 0 Å². The molecule has 0 aliphatic carbocycles. The molecule has 0 heterocycles. The second kappa shape index (κ2) is 6.12. The monoisotopic (exact) mass is 221 g/mol. The van der Waals surface area contributed by atoms with Gasteiger partial charge in [0, 0.05) is 18.8 Å². The molecule has 0 aliphatic rings. The average Bonchev–Trinajstić information content (AvgIpc) is 2.17. The number of hydrogen-bond acceptors (Lipinski definition) is 2. The average molecular weight is 221 g/mol. The highest BCUT2D eigenvalue weighted by Gasteiger charge is 1.98. The number of benzene rings is 1. The standard InChI is InChI=1S/C12H19N3O/c1-9(2)14-12(13)15-11-6-4-5-10(7-11)8-16-3/h4-7,9H,8H2,1-3H3,(H3,13,14,15). The maximum atomic E-state index is 5.74. The highest BCUT2D eigenvalue weighted by Crippen LogP contribution is 2.11. The van der Waals surface area contributed by atoms with Gasteiger partial charge < -0.3 is 15.8 Å². The normalized spacial score (nSPS) is 11.9. The quantitative estimate of drug-likeness (QED) is 0.603. The zero-order valence-electron chi connectivity index (χ0n) is 10.0. The van der Waals surface area contributed by atoms with Crippen LogP contribution in [0.15, 0.2) is 29.3 Å². The summed E-state index contributed by atoms with van der Waals surface area (Å²) in [7, 11) is 1.68. The van der Waals surface area contributed by atoms with Gasteiger partial charge in [-0.05, 0) is 31.5 Å². The molecule has 4 nitrogen and oxygen atoms in total. The van der Waals surface area contributed by atoms with E-state index in [4.69, 9.17) is 10.5 Å². The van der Waals surface area contributed by atoms with E-state index in [1.165, 1.54) is 0 Å². The van der Waals surface area contributed by atoms with E-state index in [9.17, 15) is 0 Å². The Kier molecular flexibility index (Phi) is 4.79. The fraction of sp³-hybridized carbons (Fsp3) is 0.417. The van der Waals surface area contributed by atoms with Crippen molar-refractivity contribution in [3.8, 4) is 0 Å². The number of nitrogens with one attached hydrogen (secondary N) is 1. The van der Waals surface area contributed by atoms with E-state index < -0.39 is 0 Å². The van der Waals surface area contributed by atoms with Gasteiger partial charge in [-0.1, -0.05) is 12.1 Å². The number of anilines is 1. The maximum Gasteiger partial charge on any atom is 0.193 e. The summed E-state index contributed by atoms with van der Waals surface area (Å²) in [5, 5.41) is 3.04. The molecule has 0 fully saturated rings. The van der Waals surface area contributed by atoms with Crippen LogP contribution in [0.4, 0.5) is 5.69 Å². The van der Waals surface area contributed by atoms with E-state index in [1.807, 2.05) is 38.1 Å². The topological polar surface area (TPSA) is 59.6 Å². The van der Waals surface area contributed by atoms with Crippen LogP contribution in [0.1, 0.15) is 19.4 Å². The zero-order valence-corrected chi connectivity index (χ0v) is 10.0. The Morgan fingerprint density at radius 2 is 2.25 bits per heavy atom. The first-order valence-electron chi connectivity index (χ1n) is 5.30. The van der Waals surface area contributed by atoms with Crippen molar-refractivity contribution >= 4 is 11.6 Å². The molecule has 16 heavy (non-hydrogen) atoms. The van der Waals surface area contributed by atoms with Crippen LogP contribution in [0, 0.1) is 0 Å². The van der Waals surface area contributed by atoms with Crippen LogP contribution in [-0.4, -0.2) is 19.1 Å². The van der Waals surface area contributed by atoms with E-state index in [-0.39, 0.29) is 6.04 Å². The molecule has 0 saturated heterocycles. The van der Waals surface area contributed by atoms with Crippen molar-refractivity contribution in [3.05, 3.63) is 29.8 Å². The van der Waals surface area contributed by atoms with Crippen molar-refractivity contribution in [2.75, 3.05) is 12.4 Å². The Bertz CT molecular complexity index is 361. The van der Waals surface area contributed by atoms with Crippen molar-refractivity contribution in [2.45, 2.75) is 26.5 Å². The van der Waals surface area contributed by atoms with Crippen LogP contribution in [-0.2, 0) is 11.3 Å². The van der Waals surface area contributed by atoms with Gasteiger partial charge in [-0.3, -0.25) is 4.99 Å². The summed E-state index contributed by atoms with van der Waals surface area (Å²) in [4.78, 5) is 4.20. The van der Waals surface area contributed by atoms with Crippen molar-refractivity contribution in [1.82, 2.24) is 0 Å². The molecule has 0 unspecified atom stereocenters. The summed E-state index contributed by atoms with van der Waals surface area (Å²) in [5.41, 5.74) is 7.77. The number of nitrogens with two attached hydrogens (primary N) is 1. The molecule has 88 valence electrons. The Morgan fingerprint density at radius 3 is 2.88 bits per heavy atom. The second-order valence-corrected chi connectivity index (χ2v) is 3.87. The van der Waals surface area contributed by atoms with Crippen molar-refractivity contribution in [2.24, 2.45) is 10.7 Å². The van der Waals surface area contributed by atoms with Crippen LogP contribution >= 0.6 is 0 Å². The minimum atomic E-state index is 0.189. The number of aliphatic imine (C=N–C) groups is 1. The molecule has 1 aromatic rings. The Morgan fingerprint density at radius 1 is 1.50 bits per heavy atom. The summed E-state index contributed by atoms with van der Waals surface area (Å²) in [6, 6.07) is 8.09. The van der Waals surface area contributed by atoms with E-state index >= 15 is 0 Å². The van der Waals surface area contributed by atoms with Gasteiger partial charge in [0.15, 0.2) is 5.96 Å². The Balaban J connectivity index is 2.70. The SMILES string of the molecule is COCc1cccc(NC(N)=NC(C)C)c1. The molecule has 4 heteroatoms. The number of rotatable bonds is 4. The van der Waals surface area contributed by atoms with Crippen molar-refractivity contribution < 1.29 is 4.74 Å². The maximum absolute atomic E-state index is 5.74. The van der Waals surface area contributed by atoms with Gasteiger partial charge in [0.05, 0.1) is 6.61 Å². The fourth-order valence-electron chi connectivity index (χ4n) is 1.36. The van der Waals surface area contributed by atoms with Gasteiger partial charge in [-0.25, -0.2) is 0 Å². The lowest BCUT2D eigenvalue weighted by atomic mass is 10.2. The third-order valence-electron chi connectivity index (χ3n) is 1.91. The molecular formula is C12H19N3O. The number of methoxy groups -OCH3 is 1. The predicted molar refractivity (Wildman–Crippen MR) is 67.5 cm³/mol. The molecule has 1 aromatic carbocycles. The molecule has 0 atom stereocenters. The Labute approximate surface area is 96.5 Å². The highest BCUT2D eigenvalue weighted by molar-refractivity contribution is 5.92. The number of hydrogen-bond donors (Lipinski definition) is 2. The first-order valence-corrected chi connectivity index (χ1v) is 5.30. The highest BCUT2D eigenvalue weighted by atomic mass is 16.5. The lowest BCUT2D eigenvalue weighted by molar-refractivity contribution is 0.185. The van der Waals surface area contributed by atoms with Crippen molar-refractivity contribution in [1.29, 1.82) is 0 Å². The first-order chi connectivity index (χ1) is 7.61. The van der Waals surface area contributed by atoms with Crippen LogP contribution in [0.25, 0.3) is 0 Å². The summed E-state index contributed by atoms with van der Waals surface area (Å²) < 4.78 is 5.06. The number of ether oxygens (including phenoxy) is 1. The summed E-state index contributed by atoms with van der Waals surface area (Å²) in [5.74, 6) is 0.435. The van der Waals surface area contributed by atoms with Crippen LogP contribution in [0.2, 0.25) is 0 Å². The minimum Gasteiger partial charge on any atom is -0.380 e. The molecule has 0 saturated carbocycles. The second-order valence-electron chi connectivity index (χ2n) is 3.87. The van der Waals surface area contributed by atoms with E-state index in [0.29, 0.717) is 12.6 Å². The molecule has 0 amide bonds. The van der Waals surface area contributed by atoms with Gasteiger partial charge in [-0.15, -0.1) is 0 Å². The predicted octanol–water partition coefficient (Wildman–Crippen LogP) is 1.97. The minimum absolute atomic E-state index is 0.189. The molecule has 1 rings (SSSR count). The largest absolute Gasteiger partial charge is 0.380 e. The van der Waals surface area contributed by atoms with E-state index in [2.05, 4.69) is 10.3 Å². The van der Waals surface area contributed by atoms with Gasteiger partial charge in [0.1, 0.15) is 0 Å². The lowest BCUT2D eigenvalue weighted by Gasteiger charge is -2.08. The van der Waals surface area contributed by atoms with Gasteiger partial charge in [0.2, 0.25) is 0 Å².